The van der Waals surface area contributed by atoms with Gasteiger partial charge in [0.1, 0.15) is 0 Å². The molecule has 6 rings (SSSR count). The summed E-state index contributed by atoms with van der Waals surface area (Å²) >= 11 is 7.64. The Labute approximate surface area is 208 Å². The zero-order chi connectivity index (χ0) is 23.9. The second-order valence-electron chi connectivity index (χ2n) is 10.2. The van der Waals surface area contributed by atoms with Crippen LogP contribution in [0.3, 0.4) is 0 Å². The lowest BCUT2D eigenvalue weighted by Crippen LogP contribution is -2.58. The molecule has 0 bridgehead atoms. The molecule has 2 amide bonds. The van der Waals surface area contributed by atoms with E-state index in [1.807, 2.05) is 59.5 Å². The minimum Gasteiger partial charge on any atom is -0.303 e. The molecular weight excluding hydrogens is 464 g/mol. The highest BCUT2D eigenvalue weighted by molar-refractivity contribution is 8.02. The lowest BCUT2D eigenvalue weighted by atomic mass is 9.65. The number of benzene rings is 3. The number of carbonyl (C=O) groups excluding carboxylic acids is 2. The fourth-order valence-corrected chi connectivity index (χ4v) is 7.75. The number of amides is 2. The first-order valence-electron chi connectivity index (χ1n) is 11.5. The summed E-state index contributed by atoms with van der Waals surface area (Å²) in [5.41, 5.74) is 4.12. The highest BCUT2D eigenvalue weighted by atomic mass is 35.5. The number of thioether (sulfide) groups is 1. The highest BCUT2D eigenvalue weighted by Crippen LogP contribution is 2.62. The summed E-state index contributed by atoms with van der Waals surface area (Å²) < 4.78 is 0. The third-order valence-electron chi connectivity index (χ3n) is 7.57. The van der Waals surface area contributed by atoms with Gasteiger partial charge in [-0.25, -0.2) is 0 Å². The van der Waals surface area contributed by atoms with E-state index in [2.05, 4.69) is 39.0 Å². The molecule has 2 unspecified atom stereocenters. The maximum atomic E-state index is 14.4. The van der Waals surface area contributed by atoms with Gasteiger partial charge in [-0.05, 0) is 55.7 Å². The number of hydrogen-bond donors (Lipinski definition) is 0. The minimum absolute atomic E-state index is 0.0298. The molecule has 3 aliphatic heterocycles. The molecule has 2 atom stereocenters. The van der Waals surface area contributed by atoms with Gasteiger partial charge >= 0.3 is 0 Å². The van der Waals surface area contributed by atoms with Crippen LogP contribution in [-0.2, 0) is 19.9 Å². The molecule has 34 heavy (non-hydrogen) atoms. The lowest BCUT2D eigenvalue weighted by Gasteiger charge is -2.50. The van der Waals surface area contributed by atoms with E-state index in [1.54, 1.807) is 4.90 Å². The molecule has 3 aromatic rings. The van der Waals surface area contributed by atoms with E-state index in [4.69, 9.17) is 11.6 Å². The van der Waals surface area contributed by atoms with Crippen molar-refractivity contribution in [3.05, 3.63) is 94.5 Å². The normalized spacial score (nSPS) is 26.9. The van der Waals surface area contributed by atoms with Gasteiger partial charge < -0.3 is 4.90 Å². The maximum Gasteiger partial charge on any atom is 0.269 e. The van der Waals surface area contributed by atoms with Crippen LogP contribution in [0.15, 0.2) is 72.8 Å². The van der Waals surface area contributed by atoms with Gasteiger partial charge in [0.15, 0.2) is 0 Å². The third-order valence-corrected chi connectivity index (χ3v) is 9.21. The number of rotatable bonds is 2. The van der Waals surface area contributed by atoms with Crippen molar-refractivity contribution in [2.45, 2.75) is 43.0 Å². The lowest BCUT2D eigenvalue weighted by molar-refractivity contribution is -0.124. The van der Waals surface area contributed by atoms with Crippen LogP contribution in [0.1, 0.15) is 43.9 Å². The van der Waals surface area contributed by atoms with Crippen LogP contribution in [0, 0.1) is 0 Å². The number of halogens is 1. The van der Waals surface area contributed by atoms with Gasteiger partial charge in [-0.15, -0.1) is 11.8 Å². The Hall–Kier alpha value is -2.76. The Bertz CT molecular complexity index is 1340. The van der Waals surface area contributed by atoms with Crippen molar-refractivity contribution in [1.82, 2.24) is 0 Å². The highest BCUT2D eigenvalue weighted by Gasteiger charge is 2.65. The molecule has 172 valence electrons. The summed E-state index contributed by atoms with van der Waals surface area (Å²) in [6.07, 6.45) is 0.754. The Kier molecular flexibility index (Phi) is 4.56. The Balaban J connectivity index is 1.63. The maximum absolute atomic E-state index is 14.4. The average Bonchev–Trinajstić information content (AvgIpc) is 3.29. The molecule has 0 aromatic heterocycles. The molecule has 1 saturated heterocycles. The predicted octanol–water partition coefficient (Wildman–Crippen LogP) is 6.11. The molecule has 6 heteroatoms. The first kappa shape index (κ1) is 21.8. The van der Waals surface area contributed by atoms with Gasteiger partial charge in [-0.2, -0.15) is 0 Å². The molecule has 3 aliphatic rings. The zero-order valence-corrected chi connectivity index (χ0v) is 20.9. The van der Waals surface area contributed by atoms with Crippen molar-refractivity contribution in [2.75, 3.05) is 15.6 Å². The fourth-order valence-electron chi connectivity index (χ4n) is 6.29. The summed E-state index contributed by atoms with van der Waals surface area (Å²) in [5, 5.41) is 0.704. The number of para-hydroxylation sites is 2. The number of nitrogens with zero attached hydrogens (tertiary/aromatic N) is 2. The van der Waals surface area contributed by atoms with E-state index in [-0.39, 0.29) is 23.0 Å². The molecule has 1 fully saturated rings. The van der Waals surface area contributed by atoms with Crippen LogP contribution < -0.4 is 9.80 Å². The van der Waals surface area contributed by atoms with Gasteiger partial charge in [0, 0.05) is 27.2 Å². The Morgan fingerprint density at radius 2 is 1.50 bits per heavy atom. The van der Waals surface area contributed by atoms with Gasteiger partial charge in [0.2, 0.25) is 10.8 Å². The third kappa shape index (κ3) is 2.68. The SMILES string of the molecule is CC1(c2ccc(Cl)cc2)CC(C)(C)N2C(=O)C3(SCC(=O)N3c3ccccc3)c3cccc1c32. The standard InChI is InChI=1S/C28H25ClN2O2S/c1-26(2)17-27(3,18-12-14-19(29)15-13-18)21-10-7-11-22-24(21)31(26)25(33)28(22)30(23(32)16-34-28)20-8-5-4-6-9-20/h4-15H,16-17H2,1-3H3. The van der Waals surface area contributed by atoms with Crippen LogP contribution in [0.5, 0.6) is 0 Å². The van der Waals surface area contributed by atoms with E-state index in [0.29, 0.717) is 5.02 Å². The van der Waals surface area contributed by atoms with Crippen LogP contribution in [0.4, 0.5) is 11.4 Å². The van der Waals surface area contributed by atoms with Gasteiger partial charge in [-0.1, -0.05) is 67.1 Å². The van der Waals surface area contributed by atoms with Crippen molar-refractivity contribution in [3.8, 4) is 0 Å². The summed E-state index contributed by atoms with van der Waals surface area (Å²) in [4.78, 5) is 30.3. The van der Waals surface area contributed by atoms with E-state index in [0.717, 1.165) is 28.9 Å². The average molecular weight is 489 g/mol. The first-order chi connectivity index (χ1) is 16.2. The Morgan fingerprint density at radius 1 is 0.824 bits per heavy atom. The van der Waals surface area contributed by atoms with Crippen LogP contribution in [0.25, 0.3) is 0 Å². The van der Waals surface area contributed by atoms with E-state index in [1.165, 1.54) is 17.3 Å². The van der Waals surface area contributed by atoms with E-state index < -0.39 is 10.4 Å². The van der Waals surface area contributed by atoms with E-state index in [9.17, 15) is 9.59 Å². The summed E-state index contributed by atoms with van der Waals surface area (Å²) in [5.74, 6) is 0.200. The smallest absolute Gasteiger partial charge is 0.269 e. The molecule has 0 radical (unpaired) electrons. The summed E-state index contributed by atoms with van der Waals surface area (Å²) in [7, 11) is 0. The number of fused-ring (bicyclic) bond motifs is 1. The molecule has 4 nitrogen and oxygen atoms in total. The van der Waals surface area contributed by atoms with Crippen LogP contribution >= 0.6 is 23.4 Å². The van der Waals surface area contributed by atoms with Crippen molar-refractivity contribution in [3.63, 3.8) is 0 Å². The van der Waals surface area contributed by atoms with E-state index >= 15 is 0 Å². The number of anilines is 2. The monoisotopic (exact) mass is 488 g/mol. The first-order valence-corrected chi connectivity index (χ1v) is 12.8. The van der Waals surface area contributed by atoms with Gasteiger partial charge in [0.25, 0.3) is 5.91 Å². The molecule has 1 spiro atoms. The van der Waals surface area contributed by atoms with Gasteiger partial charge in [-0.3, -0.25) is 14.5 Å². The number of hydrogen-bond acceptors (Lipinski definition) is 3. The van der Waals surface area contributed by atoms with Crippen LogP contribution in [0.2, 0.25) is 5.02 Å². The summed E-state index contributed by atoms with van der Waals surface area (Å²) in [6.45, 7) is 6.51. The predicted molar refractivity (Wildman–Crippen MR) is 139 cm³/mol. The van der Waals surface area contributed by atoms with Gasteiger partial charge in [0.05, 0.1) is 11.4 Å². The number of carbonyl (C=O) groups is 2. The molecule has 0 saturated carbocycles. The molecule has 3 aromatic carbocycles. The van der Waals surface area contributed by atoms with Crippen molar-refractivity contribution in [2.24, 2.45) is 0 Å². The summed E-state index contributed by atoms with van der Waals surface area (Å²) in [6, 6.07) is 23.8. The second kappa shape index (κ2) is 7.12. The van der Waals surface area contributed by atoms with Crippen molar-refractivity contribution >= 4 is 46.6 Å². The van der Waals surface area contributed by atoms with Crippen LogP contribution in [-0.4, -0.2) is 23.1 Å². The quantitative estimate of drug-likeness (QED) is 0.437. The van der Waals surface area contributed by atoms with Crippen molar-refractivity contribution in [1.29, 1.82) is 0 Å². The molecule has 0 aliphatic carbocycles. The Morgan fingerprint density at radius 3 is 2.21 bits per heavy atom. The minimum atomic E-state index is -1.09. The fraction of sp³-hybridized carbons (Fsp3) is 0.286. The topological polar surface area (TPSA) is 40.6 Å². The largest absolute Gasteiger partial charge is 0.303 e. The molecule has 0 N–H and O–H groups in total. The zero-order valence-electron chi connectivity index (χ0n) is 19.3. The van der Waals surface area contributed by atoms with Crippen molar-refractivity contribution < 1.29 is 9.59 Å². The second-order valence-corrected chi connectivity index (χ2v) is 11.8. The molecular formula is C28H25ClN2O2S. The molecule has 3 heterocycles.